The zero-order valence-corrected chi connectivity index (χ0v) is 9.89. The summed E-state index contributed by atoms with van der Waals surface area (Å²) in [5, 5.41) is 4.13. The Morgan fingerprint density at radius 1 is 1.38 bits per heavy atom. The summed E-state index contributed by atoms with van der Waals surface area (Å²) in [7, 11) is 1.91. The third-order valence-corrected chi connectivity index (χ3v) is 2.81. The Balaban J connectivity index is 2.67. The van der Waals surface area contributed by atoms with E-state index in [4.69, 9.17) is 0 Å². The van der Waals surface area contributed by atoms with Gasteiger partial charge in [0.2, 0.25) is 0 Å². The predicted octanol–water partition coefficient (Wildman–Crippen LogP) is 3.15. The molecule has 0 aliphatic carbocycles. The van der Waals surface area contributed by atoms with E-state index in [9.17, 15) is 4.39 Å². The van der Waals surface area contributed by atoms with E-state index in [-0.39, 0.29) is 5.82 Å². The van der Waals surface area contributed by atoms with E-state index in [0.29, 0.717) is 5.92 Å². The highest BCUT2D eigenvalue weighted by molar-refractivity contribution is 5.85. The number of halogens is 1. The quantitative estimate of drug-likeness (QED) is 0.817. The molecule has 0 saturated carbocycles. The van der Waals surface area contributed by atoms with Crippen LogP contribution in [-0.2, 0) is 6.54 Å². The molecule has 1 heterocycles. The Labute approximate surface area is 94.9 Å². The Morgan fingerprint density at radius 2 is 2.12 bits per heavy atom. The highest BCUT2D eigenvalue weighted by Gasteiger charge is 2.14. The lowest BCUT2D eigenvalue weighted by Crippen LogP contribution is -2.08. The zero-order chi connectivity index (χ0) is 11.7. The highest BCUT2D eigenvalue weighted by Crippen LogP contribution is 2.29. The summed E-state index contributed by atoms with van der Waals surface area (Å²) in [6, 6.07) is 4.90. The molecular formula is C13H17FN2. The fourth-order valence-electron chi connectivity index (χ4n) is 2.22. The second-order valence-corrected chi connectivity index (χ2v) is 4.39. The monoisotopic (exact) mass is 220 g/mol. The van der Waals surface area contributed by atoms with Gasteiger partial charge >= 0.3 is 0 Å². The normalized spacial score (nSPS) is 11.6. The minimum Gasteiger partial charge on any atom is -0.357 e. The molecular weight excluding hydrogens is 203 g/mol. The molecule has 86 valence electrons. The molecule has 1 aromatic heterocycles. The maximum atomic E-state index is 13.2. The van der Waals surface area contributed by atoms with Crippen molar-refractivity contribution in [2.45, 2.75) is 26.3 Å². The summed E-state index contributed by atoms with van der Waals surface area (Å²) in [6.07, 6.45) is 0. The van der Waals surface area contributed by atoms with Gasteiger partial charge in [0.1, 0.15) is 5.82 Å². The zero-order valence-electron chi connectivity index (χ0n) is 9.89. The standard InChI is InChI=1S/C13H17FN2/c1-8(2)13-10-6-9(14)4-5-11(10)16-12(13)7-15-3/h4-6,8,15-16H,7H2,1-3H3. The minimum atomic E-state index is -0.176. The Bertz CT molecular complexity index is 500. The van der Waals surface area contributed by atoms with Crippen LogP contribution in [-0.4, -0.2) is 12.0 Å². The molecule has 0 fully saturated rings. The number of nitrogens with one attached hydrogen (secondary N) is 2. The third kappa shape index (κ3) is 1.83. The second kappa shape index (κ2) is 4.26. The molecule has 0 bridgehead atoms. The van der Waals surface area contributed by atoms with Crippen LogP contribution in [0.5, 0.6) is 0 Å². The van der Waals surface area contributed by atoms with Crippen LogP contribution in [0.3, 0.4) is 0 Å². The summed E-state index contributed by atoms with van der Waals surface area (Å²) in [5.41, 5.74) is 3.37. The molecule has 0 unspecified atom stereocenters. The fraction of sp³-hybridized carbons (Fsp3) is 0.385. The van der Waals surface area contributed by atoms with E-state index < -0.39 is 0 Å². The second-order valence-electron chi connectivity index (χ2n) is 4.39. The molecule has 0 aliphatic heterocycles. The average Bonchev–Trinajstić information content (AvgIpc) is 2.55. The van der Waals surface area contributed by atoms with E-state index in [1.54, 1.807) is 12.1 Å². The van der Waals surface area contributed by atoms with Crippen LogP contribution in [0.15, 0.2) is 18.2 Å². The predicted molar refractivity (Wildman–Crippen MR) is 65.1 cm³/mol. The Kier molecular flexibility index (Phi) is 2.97. The number of hydrogen-bond donors (Lipinski definition) is 2. The van der Waals surface area contributed by atoms with Gasteiger partial charge in [-0.3, -0.25) is 0 Å². The molecule has 3 heteroatoms. The Hall–Kier alpha value is -1.35. The molecule has 0 aliphatic rings. The van der Waals surface area contributed by atoms with Crippen molar-refractivity contribution in [2.24, 2.45) is 0 Å². The number of fused-ring (bicyclic) bond motifs is 1. The lowest BCUT2D eigenvalue weighted by atomic mass is 9.99. The van der Waals surface area contributed by atoms with Gasteiger partial charge in [0.05, 0.1) is 0 Å². The minimum absolute atomic E-state index is 0.176. The van der Waals surface area contributed by atoms with Crippen LogP contribution in [0.25, 0.3) is 10.9 Å². The van der Waals surface area contributed by atoms with Crippen LogP contribution >= 0.6 is 0 Å². The molecule has 2 nitrogen and oxygen atoms in total. The van der Waals surface area contributed by atoms with Gasteiger partial charge in [0.25, 0.3) is 0 Å². The molecule has 2 N–H and O–H groups in total. The molecule has 0 spiro atoms. The fourth-order valence-corrected chi connectivity index (χ4v) is 2.22. The van der Waals surface area contributed by atoms with Gasteiger partial charge in [-0.15, -0.1) is 0 Å². The topological polar surface area (TPSA) is 27.8 Å². The first-order valence-corrected chi connectivity index (χ1v) is 5.58. The van der Waals surface area contributed by atoms with Crippen LogP contribution in [0.1, 0.15) is 31.0 Å². The maximum absolute atomic E-state index is 13.2. The first kappa shape index (κ1) is 11.1. The molecule has 0 radical (unpaired) electrons. The number of aromatic amines is 1. The molecule has 0 atom stereocenters. The molecule has 0 saturated heterocycles. The molecule has 16 heavy (non-hydrogen) atoms. The van der Waals surface area contributed by atoms with E-state index in [0.717, 1.165) is 23.1 Å². The first-order valence-electron chi connectivity index (χ1n) is 5.58. The van der Waals surface area contributed by atoms with Crippen molar-refractivity contribution in [2.75, 3.05) is 7.05 Å². The number of benzene rings is 1. The van der Waals surface area contributed by atoms with Crippen molar-refractivity contribution in [3.63, 3.8) is 0 Å². The summed E-state index contributed by atoms with van der Waals surface area (Å²) in [5.74, 6) is 0.211. The van der Waals surface area contributed by atoms with Crippen LogP contribution in [0, 0.1) is 5.82 Å². The van der Waals surface area contributed by atoms with E-state index in [2.05, 4.69) is 24.1 Å². The van der Waals surface area contributed by atoms with Gasteiger partial charge in [-0.1, -0.05) is 13.8 Å². The van der Waals surface area contributed by atoms with Gasteiger partial charge in [-0.05, 0) is 36.7 Å². The third-order valence-electron chi connectivity index (χ3n) is 2.81. The number of rotatable bonds is 3. The Morgan fingerprint density at radius 3 is 2.75 bits per heavy atom. The van der Waals surface area contributed by atoms with Gasteiger partial charge in [-0.25, -0.2) is 4.39 Å². The number of aromatic nitrogens is 1. The van der Waals surface area contributed by atoms with Crippen molar-refractivity contribution >= 4 is 10.9 Å². The summed E-state index contributed by atoms with van der Waals surface area (Å²) < 4.78 is 13.2. The van der Waals surface area contributed by atoms with E-state index in [1.807, 2.05) is 7.05 Å². The SMILES string of the molecule is CNCc1[nH]c2ccc(F)cc2c1C(C)C. The molecule has 2 aromatic rings. The van der Waals surface area contributed by atoms with Crippen molar-refractivity contribution in [3.8, 4) is 0 Å². The number of hydrogen-bond acceptors (Lipinski definition) is 1. The summed E-state index contributed by atoms with van der Waals surface area (Å²) >= 11 is 0. The summed E-state index contributed by atoms with van der Waals surface area (Å²) in [4.78, 5) is 3.34. The van der Waals surface area contributed by atoms with Gasteiger partial charge < -0.3 is 10.3 Å². The van der Waals surface area contributed by atoms with Gasteiger partial charge in [0, 0.05) is 23.1 Å². The van der Waals surface area contributed by atoms with E-state index >= 15 is 0 Å². The van der Waals surface area contributed by atoms with Crippen molar-refractivity contribution in [3.05, 3.63) is 35.3 Å². The lowest BCUT2D eigenvalue weighted by Gasteiger charge is -2.07. The lowest BCUT2D eigenvalue weighted by molar-refractivity contribution is 0.629. The van der Waals surface area contributed by atoms with Crippen molar-refractivity contribution in [1.82, 2.24) is 10.3 Å². The van der Waals surface area contributed by atoms with Crippen LogP contribution in [0.2, 0.25) is 0 Å². The molecule has 2 rings (SSSR count). The highest BCUT2D eigenvalue weighted by atomic mass is 19.1. The van der Waals surface area contributed by atoms with Crippen LogP contribution in [0.4, 0.5) is 4.39 Å². The van der Waals surface area contributed by atoms with Crippen LogP contribution < -0.4 is 5.32 Å². The molecule has 1 aromatic carbocycles. The van der Waals surface area contributed by atoms with Gasteiger partial charge in [-0.2, -0.15) is 0 Å². The average molecular weight is 220 g/mol. The van der Waals surface area contributed by atoms with Crippen molar-refractivity contribution in [1.29, 1.82) is 0 Å². The van der Waals surface area contributed by atoms with Crippen molar-refractivity contribution < 1.29 is 4.39 Å². The van der Waals surface area contributed by atoms with E-state index in [1.165, 1.54) is 11.6 Å². The summed E-state index contributed by atoms with van der Waals surface area (Å²) in [6.45, 7) is 5.04. The largest absolute Gasteiger partial charge is 0.357 e. The van der Waals surface area contributed by atoms with Gasteiger partial charge in [0.15, 0.2) is 0 Å². The smallest absolute Gasteiger partial charge is 0.123 e. The molecule has 0 amide bonds. The number of H-pyrrole nitrogens is 1. The maximum Gasteiger partial charge on any atom is 0.123 e. The first-order chi connectivity index (χ1) is 7.63.